The highest BCUT2D eigenvalue weighted by Gasteiger charge is 2.31. The molecule has 0 bridgehead atoms. The minimum absolute atomic E-state index is 0.101. The lowest BCUT2D eigenvalue weighted by atomic mass is 10.2. The second-order valence-corrected chi connectivity index (χ2v) is 8.20. The second kappa shape index (κ2) is 7.52. The molecule has 9 nitrogen and oxygen atoms in total. The molecule has 0 radical (unpaired) electrons. The molecule has 0 unspecified atom stereocenters. The van der Waals surface area contributed by atoms with Gasteiger partial charge >= 0.3 is 0 Å². The van der Waals surface area contributed by atoms with Crippen LogP contribution < -0.4 is 5.73 Å². The van der Waals surface area contributed by atoms with Crippen molar-refractivity contribution in [1.29, 1.82) is 0 Å². The fraction of sp³-hybridized carbons (Fsp3) is 0.438. The average molecular weight is 379 g/mol. The molecule has 2 aromatic rings. The maximum absolute atomic E-state index is 12.7. The number of likely N-dealkylation sites (N-methyl/N-ethyl adjacent to an activating group) is 1. The zero-order chi connectivity index (χ0) is 18.7. The van der Waals surface area contributed by atoms with Gasteiger partial charge in [-0.2, -0.15) is 9.29 Å². The molecule has 0 spiro atoms. The Labute approximate surface area is 151 Å². The molecule has 1 aliphatic rings. The minimum atomic E-state index is -3.65. The van der Waals surface area contributed by atoms with Crippen LogP contribution in [0.2, 0.25) is 0 Å². The van der Waals surface area contributed by atoms with Crippen molar-refractivity contribution in [2.45, 2.75) is 23.8 Å². The first-order valence-electron chi connectivity index (χ1n) is 8.24. The van der Waals surface area contributed by atoms with E-state index in [1.807, 2.05) is 0 Å². The number of nitrogens with zero attached hydrogens (tertiary/aromatic N) is 4. The summed E-state index contributed by atoms with van der Waals surface area (Å²) in [6.45, 7) is 1.08. The number of nitrogens with two attached hydrogens (primary N) is 1. The summed E-state index contributed by atoms with van der Waals surface area (Å²) in [6.07, 6.45) is 2.31. The number of amides is 1. The predicted molar refractivity (Wildman–Crippen MR) is 92.8 cm³/mol. The average Bonchev–Trinajstić information content (AvgIpc) is 3.31. The van der Waals surface area contributed by atoms with Crippen LogP contribution in [0, 0.1) is 0 Å². The highest BCUT2D eigenvalue weighted by molar-refractivity contribution is 7.89. The van der Waals surface area contributed by atoms with E-state index in [0.717, 1.165) is 0 Å². The number of hydrogen-bond acceptors (Lipinski definition) is 7. The number of aromatic nitrogens is 2. The van der Waals surface area contributed by atoms with Gasteiger partial charge in [-0.05, 0) is 24.6 Å². The van der Waals surface area contributed by atoms with Crippen molar-refractivity contribution >= 4 is 15.9 Å². The van der Waals surface area contributed by atoms with Gasteiger partial charge in [-0.15, -0.1) is 0 Å². The first-order valence-corrected chi connectivity index (χ1v) is 9.68. The molecule has 2 heterocycles. The quantitative estimate of drug-likeness (QED) is 0.755. The zero-order valence-corrected chi connectivity index (χ0v) is 15.2. The Morgan fingerprint density at radius 2 is 2.27 bits per heavy atom. The topological polar surface area (TPSA) is 123 Å². The number of hydrogen-bond donors (Lipinski definition) is 1. The van der Waals surface area contributed by atoms with Gasteiger partial charge in [0.25, 0.3) is 5.91 Å². The van der Waals surface area contributed by atoms with E-state index in [0.29, 0.717) is 43.9 Å². The summed E-state index contributed by atoms with van der Waals surface area (Å²) in [5.41, 5.74) is 6.12. The number of sulfonamides is 1. The second-order valence-electron chi connectivity index (χ2n) is 6.26. The Morgan fingerprint density at radius 1 is 1.46 bits per heavy atom. The summed E-state index contributed by atoms with van der Waals surface area (Å²) in [5, 5.41) is 3.70. The number of carbonyl (C=O) groups excluding carboxylic acids is 1. The van der Waals surface area contributed by atoms with Gasteiger partial charge in [0.1, 0.15) is 0 Å². The van der Waals surface area contributed by atoms with E-state index in [2.05, 4.69) is 14.7 Å². The predicted octanol–water partition coefficient (Wildman–Crippen LogP) is 0.106. The summed E-state index contributed by atoms with van der Waals surface area (Å²) in [6, 6.07) is 5.93. The molecule has 1 aliphatic heterocycles. The molecule has 0 saturated carbocycles. The van der Waals surface area contributed by atoms with E-state index >= 15 is 0 Å². The standard InChI is InChI=1S/C16H21N5O4S/c1-20(7-6-15-18-11-25-19-15)16(22)12-3-2-4-14(9-12)26(23,24)21-8-5-13(17)10-21/h2-4,9,11,13H,5-8,10,17H2,1H3/t13-/m1/s1. The summed E-state index contributed by atoms with van der Waals surface area (Å²) in [7, 11) is -2.01. The van der Waals surface area contributed by atoms with Crippen LogP contribution >= 0.6 is 0 Å². The molecular formula is C16H21N5O4S. The van der Waals surface area contributed by atoms with E-state index < -0.39 is 10.0 Å². The maximum Gasteiger partial charge on any atom is 0.253 e. The molecule has 26 heavy (non-hydrogen) atoms. The number of carbonyl (C=O) groups is 1. The maximum atomic E-state index is 12.7. The third-order valence-corrected chi connectivity index (χ3v) is 6.19. The van der Waals surface area contributed by atoms with E-state index in [1.165, 1.54) is 27.7 Å². The van der Waals surface area contributed by atoms with Gasteiger partial charge in [-0.1, -0.05) is 11.2 Å². The van der Waals surface area contributed by atoms with Gasteiger partial charge in [0.05, 0.1) is 4.90 Å². The van der Waals surface area contributed by atoms with Gasteiger partial charge in [-0.3, -0.25) is 4.79 Å². The Hall–Kier alpha value is -2.30. The van der Waals surface area contributed by atoms with E-state index in [-0.39, 0.29) is 16.8 Å². The van der Waals surface area contributed by atoms with E-state index in [4.69, 9.17) is 5.73 Å². The fourth-order valence-electron chi connectivity index (χ4n) is 2.80. The Bertz CT molecular complexity index is 869. The van der Waals surface area contributed by atoms with Gasteiger partial charge < -0.3 is 15.2 Å². The van der Waals surface area contributed by atoms with Crippen molar-refractivity contribution in [2.24, 2.45) is 5.73 Å². The lowest BCUT2D eigenvalue weighted by Crippen LogP contribution is -2.32. The van der Waals surface area contributed by atoms with E-state index in [1.54, 1.807) is 19.2 Å². The highest BCUT2D eigenvalue weighted by atomic mass is 32.2. The zero-order valence-electron chi connectivity index (χ0n) is 14.4. The molecule has 1 aromatic heterocycles. The summed E-state index contributed by atoms with van der Waals surface area (Å²) in [5.74, 6) is 0.231. The normalized spacial score (nSPS) is 18.2. The first kappa shape index (κ1) is 18.5. The Kier molecular flexibility index (Phi) is 5.35. The number of benzene rings is 1. The van der Waals surface area contributed by atoms with Crippen molar-refractivity contribution in [1.82, 2.24) is 19.3 Å². The molecule has 0 aliphatic carbocycles. The van der Waals surface area contributed by atoms with Crippen LogP contribution in [0.5, 0.6) is 0 Å². The first-order chi connectivity index (χ1) is 12.4. The van der Waals surface area contributed by atoms with Crippen molar-refractivity contribution in [3.63, 3.8) is 0 Å². The molecule has 1 amide bonds. The molecule has 10 heteroatoms. The van der Waals surface area contributed by atoms with Crippen LogP contribution in [0.4, 0.5) is 0 Å². The lowest BCUT2D eigenvalue weighted by Gasteiger charge is -2.18. The molecule has 1 aromatic carbocycles. The molecular weight excluding hydrogens is 358 g/mol. The van der Waals surface area contributed by atoms with Gasteiger partial charge in [-0.25, -0.2) is 8.42 Å². The molecule has 140 valence electrons. The van der Waals surface area contributed by atoms with Crippen molar-refractivity contribution in [2.75, 3.05) is 26.7 Å². The van der Waals surface area contributed by atoms with Crippen molar-refractivity contribution in [3.05, 3.63) is 42.0 Å². The third kappa shape index (κ3) is 3.92. The minimum Gasteiger partial charge on any atom is -0.343 e. The monoisotopic (exact) mass is 379 g/mol. The molecule has 2 N–H and O–H groups in total. The van der Waals surface area contributed by atoms with Crippen LogP contribution in [0.15, 0.2) is 40.1 Å². The summed E-state index contributed by atoms with van der Waals surface area (Å²) < 4.78 is 31.5. The van der Waals surface area contributed by atoms with Crippen LogP contribution in [-0.2, 0) is 16.4 Å². The Balaban J connectivity index is 1.72. The van der Waals surface area contributed by atoms with Gasteiger partial charge in [0.2, 0.25) is 16.4 Å². The summed E-state index contributed by atoms with van der Waals surface area (Å²) in [4.78, 5) is 18.1. The van der Waals surface area contributed by atoms with Crippen LogP contribution in [-0.4, -0.2) is 66.4 Å². The summed E-state index contributed by atoms with van der Waals surface area (Å²) >= 11 is 0. The third-order valence-electron chi connectivity index (χ3n) is 4.33. The largest absolute Gasteiger partial charge is 0.343 e. The van der Waals surface area contributed by atoms with Gasteiger partial charge in [0.15, 0.2) is 5.82 Å². The van der Waals surface area contributed by atoms with E-state index in [9.17, 15) is 13.2 Å². The Morgan fingerprint density at radius 3 is 2.92 bits per heavy atom. The molecule has 3 rings (SSSR count). The fourth-order valence-corrected chi connectivity index (χ4v) is 4.36. The molecule has 1 fully saturated rings. The molecule has 1 saturated heterocycles. The highest BCUT2D eigenvalue weighted by Crippen LogP contribution is 2.21. The van der Waals surface area contributed by atoms with Crippen molar-refractivity contribution < 1.29 is 17.7 Å². The van der Waals surface area contributed by atoms with Crippen LogP contribution in [0.3, 0.4) is 0 Å². The molecule has 1 atom stereocenters. The van der Waals surface area contributed by atoms with Crippen LogP contribution in [0.25, 0.3) is 0 Å². The SMILES string of the molecule is CN(CCc1ncon1)C(=O)c1cccc(S(=O)(=O)N2CC[C@@H](N)C2)c1. The smallest absolute Gasteiger partial charge is 0.253 e. The van der Waals surface area contributed by atoms with Crippen LogP contribution in [0.1, 0.15) is 22.6 Å². The number of rotatable bonds is 6. The van der Waals surface area contributed by atoms with Gasteiger partial charge in [0, 0.05) is 44.7 Å². The van der Waals surface area contributed by atoms with Crippen molar-refractivity contribution in [3.8, 4) is 0 Å². The lowest BCUT2D eigenvalue weighted by molar-refractivity contribution is 0.0795.